The van der Waals surface area contributed by atoms with Crippen molar-refractivity contribution in [2.75, 3.05) is 11.1 Å². The predicted molar refractivity (Wildman–Crippen MR) is 105 cm³/mol. The highest BCUT2D eigenvalue weighted by Crippen LogP contribution is 2.18. The molecule has 0 unspecified atom stereocenters. The van der Waals surface area contributed by atoms with Gasteiger partial charge in [0.05, 0.1) is 5.69 Å². The number of aryl methyl sites for hydroxylation is 1. The minimum atomic E-state index is -0.740. The number of nitrogen functional groups attached to an aromatic ring is 1. The Bertz CT molecular complexity index is 1110. The number of hydrogen-bond donors (Lipinski definition) is 2. The summed E-state index contributed by atoms with van der Waals surface area (Å²) < 4.78 is 2.03. The zero-order chi connectivity index (χ0) is 19.6. The zero-order valence-corrected chi connectivity index (χ0v) is 15.1. The summed E-state index contributed by atoms with van der Waals surface area (Å²) in [4.78, 5) is 38.0. The lowest BCUT2D eigenvalue weighted by Crippen LogP contribution is -2.43. The summed E-state index contributed by atoms with van der Waals surface area (Å²) in [6.45, 7) is 1.97. The number of benzene rings is 2. The summed E-state index contributed by atoms with van der Waals surface area (Å²) in [7, 11) is 1.32. The molecule has 0 saturated heterocycles. The van der Waals surface area contributed by atoms with Crippen molar-refractivity contribution in [1.29, 1.82) is 0 Å². The highest BCUT2D eigenvalue weighted by Gasteiger charge is 2.22. The van der Waals surface area contributed by atoms with Crippen LogP contribution < -0.4 is 22.3 Å². The third kappa shape index (κ3) is 3.27. The van der Waals surface area contributed by atoms with E-state index in [1.807, 2.05) is 19.1 Å². The summed E-state index contributed by atoms with van der Waals surface area (Å²) in [6.07, 6.45) is 0.716. The van der Waals surface area contributed by atoms with Crippen molar-refractivity contribution in [1.82, 2.24) is 9.13 Å². The third-order valence-electron chi connectivity index (χ3n) is 4.38. The molecule has 3 rings (SSSR count). The van der Waals surface area contributed by atoms with Crippen LogP contribution in [0, 0.1) is 0 Å². The molecular formula is C20H20N4O3. The Morgan fingerprint density at radius 1 is 1.04 bits per heavy atom. The van der Waals surface area contributed by atoms with Gasteiger partial charge in [0.2, 0.25) is 0 Å². The van der Waals surface area contributed by atoms with E-state index in [9.17, 15) is 14.4 Å². The Kier molecular flexibility index (Phi) is 4.94. The lowest BCUT2D eigenvalue weighted by Gasteiger charge is -2.15. The van der Waals surface area contributed by atoms with Gasteiger partial charge in [-0.05, 0) is 30.2 Å². The van der Waals surface area contributed by atoms with E-state index >= 15 is 0 Å². The first-order valence-corrected chi connectivity index (χ1v) is 8.51. The van der Waals surface area contributed by atoms with E-state index in [1.165, 1.54) is 7.05 Å². The smallest absolute Gasteiger partial charge is 0.336 e. The maximum Gasteiger partial charge on any atom is 0.336 e. The molecule has 2 aromatic carbocycles. The highest BCUT2D eigenvalue weighted by atomic mass is 16.2. The number of carbonyl (C=O) groups excluding carboxylic acids is 1. The third-order valence-corrected chi connectivity index (χ3v) is 4.38. The second kappa shape index (κ2) is 7.33. The molecule has 0 aliphatic carbocycles. The van der Waals surface area contributed by atoms with Crippen molar-refractivity contribution in [2.24, 2.45) is 7.05 Å². The first-order chi connectivity index (χ1) is 13.0. The first-order valence-electron chi connectivity index (χ1n) is 8.51. The van der Waals surface area contributed by atoms with E-state index in [4.69, 9.17) is 5.73 Å². The highest BCUT2D eigenvalue weighted by molar-refractivity contribution is 6.07. The quantitative estimate of drug-likeness (QED) is 0.739. The van der Waals surface area contributed by atoms with E-state index in [-0.39, 0.29) is 11.4 Å². The van der Waals surface area contributed by atoms with E-state index in [0.717, 1.165) is 14.7 Å². The van der Waals surface area contributed by atoms with Gasteiger partial charge in [0.15, 0.2) is 0 Å². The Balaban J connectivity index is 2.16. The van der Waals surface area contributed by atoms with Crippen LogP contribution in [0.25, 0.3) is 5.69 Å². The molecule has 7 heteroatoms. The molecule has 0 bridgehead atoms. The molecule has 27 heavy (non-hydrogen) atoms. The van der Waals surface area contributed by atoms with Gasteiger partial charge in [-0.1, -0.05) is 43.3 Å². The fraction of sp³-hybridized carbons (Fsp3) is 0.150. The van der Waals surface area contributed by atoms with Crippen LogP contribution in [0.15, 0.2) is 64.2 Å². The number of anilines is 2. The summed E-state index contributed by atoms with van der Waals surface area (Å²) in [5.74, 6) is -0.848. The SMILES string of the molecule is CCc1ccccc1NC(=O)c1c(N)n(-c2ccccc2)c(=O)n(C)c1=O. The van der Waals surface area contributed by atoms with E-state index in [0.29, 0.717) is 17.8 Å². The molecular weight excluding hydrogens is 344 g/mol. The minimum Gasteiger partial charge on any atom is -0.384 e. The number of nitrogens with zero attached hydrogens (tertiary/aromatic N) is 2. The number of nitrogens with two attached hydrogens (primary N) is 1. The van der Waals surface area contributed by atoms with Crippen molar-refractivity contribution >= 4 is 17.4 Å². The number of aromatic nitrogens is 2. The van der Waals surface area contributed by atoms with Gasteiger partial charge in [-0.15, -0.1) is 0 Å². The fourth-order valence-corrected chi connectivity index (χ4v) is 2.90. The molecule has 0 spiro atoms. The van der Waals surface area contributed by atoms with Crippen LogP contribution in [-0.2, 0) is 13.5 Å². The monoisotopic (exact) mass is 364 g/mol. The second-order valence-corrected chi connectivity index (χ2v) is 6.04. The number of amides is 1. The summed E-state index contributed by atoms with van der Waals surface area (Å²) in [5, 5.41) is 2.74. The van der Waals surface area contributed by atoms with Crippen LogP contribution in [0.1, 0.15) is 22.8 Å². The van der Waals surface area contributed by atoms with Gasteiger partial charge in [0.1, 0.15) is 11.4 Å². The molecule has 7 nitrogen and oxygen atoms in total. The number of para-hydroxylation sites is 2. The molecule has 3 N–H and O–H groups in total. The van der Waals surface area contributed by atoms with Crippen molar-refractivity contribution in [2.45, 2.75) is 13.3 Å². The van der Waals surface area contributed by atoms with Gasteiger partial charge in [-0.25, -0.2) is 9.36 Å². The molecule has 138 valence electrons. The Morgan fingerprint density at radius 2 is 1.67 bits per heavy atom. The van der Waals surface area contributed by atoms with Crippen LogP contribution in [0.4, 0.5) is 11.5 Å². The first kappa shape index (κ1) is 18.2. The van der Waals surface area contributed by atoms with E-state index in [2.05, 4.69) is 5.32 Å². The lowest BCUT2D eigenvalue weighted by atomic mass is 10.1. The topological polar surface area (TPSA) is 99.1 Å². The molecule has 1 amide bonds. The number of hydrogen-bond acceptors (Lipinski definition) is 4. The van der Waals surface area contributed by atoms with E-state index in [1.54, 1.807) is 42.5 Å². The molecule has 3 aromatic rings. The fourth-order valence-electron chi connectivity index (χ4n) is 2.90. The second-order valence-electron chi connectivity index (χ2n) is 6.04. The Hall–Kier alpha value is -3.61. The molecule has 0 saturated carbocycles. The van der Waals surface area contributed by atoms with Crippen LogP contribution in [0.3, 0.4) is 0 Å². The van der Waals surface area contributed by atoms with Crippen LogP contribution in [0.5, 0.6) is 0 Å². The summed E-state index contributed by atoms with van der Waals surface area (Å²) >= 11 is 0. The van der Waals surface area contributed by atoms with Gasteiger partial charge in [0, 0.05) is 12.7 Å². The number of carbonyl (C=O) groups is 1. The average Bonchev–Trinajstić information content (AvgIpc) is 2.68. The average molecular weight is 364 g/mol. The summed E-state index contributed by atoms with van der Waals surface area (Å²) in [6, 6.07) is 15.9. The standard InChI is InChI=1S/C20H20N4O3/c1-3-13-9-7-8-12-15(13)22-18(25)16-17(21)24(14-10-5-4-6-11-14)20(27)23(2)19(16)26/h4-12H,3,21H2,1-2H3,(H,22,25). The number of nitrogens with one attached hydrogen (secondary N) is 1. The van der Waals surface area contributed by atoms with E-state index < -0.39 is 17.2 Å². The van der Waals surface area contributed by atoms with Gasteiger partial charge in [-0.3, -0.25) is 14.2 Å². The molecule has 0 atom stereocenters. The molecule has 1 aromatic heterocycles. The maximum atomic E-state index is 12.9. The van der Waals surface area contributed by atoms with Crippen LogP contribution in [0.2, 0.25) is 0 Å². The molecule has 0 fully saturated rings. The van der Waals surface area contributed by atoms with Crippen LogP contribution >= 0.6 is 0 Å². The normalized spacial score (nSPS) is 10.6. The van der Waals surface area contributed by atoms with Crippen molar-refractivity contribution < 1.29 is 4.79 Å². The largest absolute Gasteiger partial charge is 0.384 e. The van der Waals surface area contributed by atoms with Gasteiger partial charge in [0.25, 0.3) is 11.5 Å². The molecule has 1 heterocycles. The van der Waals surface area contributed by atoms with Crippen molar-refractivity contribution in [3.63, 3.8) is 0 Å². The Labute approximate surface area is 155 Å². The molecule has 0 aliphatic rings. The molecule has 0 radical (unpaired) electrons. The van der Waals surface area contributed by atoms with Gasteiger partial charge < -0.3 is 11.1 Å². The van der Waals surface area contributed by atoms with Crippen molar-refractivity contribution in [3.8, 4) is 5.69 Å². The summed E-state index contributed by atoms with van der Waals surface area (Å²) in [5.41, 5.74) is 6.47. The van der Waals surface area contributed by atoms with Gasteiger partial charge in [-0.2, -0.15) is 0 Å². The maximum absolute atomic E-state index is 12.9. The molecule has 0 aliphatic heterocycles. The van der Waals surface area contributed by atoms with Gasteiger partial charge >= 0.3 is 5.69 Å². The Morgan fingerprint density at radius 3 is 2.33 bits per heavy atom. The zero-order valence-electron chi connectivity index (χ0n) is 15.1. The minimum absolute atomic E-state index is 0.194. The van der Waals surface area contributed by atoms with Crippen molar-refractivity contribution in [3.05, 3.63) is 86.6 Å². The predicted octanol–water partition coefficient (Wildman–Crippen LogP) is 1.93. The number of rotatable bonds is 4. The van der Waals surface area contributed by atoms with Crippen LogP contribution in [-0.4, -0.2) is 15.0 Å². The lowest BCUT2D eigenvalue weighted by molar-refractivity contribution is 0.102.